The van der Waals surface area contributed by atoms with Crippen molar-refractivity contribution >= 4 is 0 Å². The van der Waals surface area contributed by atoms with E-state index in [9.17, 15) is 0 Å². The topological polar surface area (TPSA) is 25.8 Å². The van der Waals surface area contributed by atoms with Crippen molar-refractivity contribution in [2.45, 2.75) is 105 Å². The quantitative estimate of drug-likeness (QED) is 0.262. The monoisotopic (exact) mass is 532 g/mol. The molecule has 4 rings (SSSR count). The van der Waals surface area contributed by atoms with Gasteiger partial charge in [-0.2, -0.15) is 0 Å². The average Bonchev–Trinajstić information content (AvgIpc) is 2.86. The van der Waals surface area contributed by atoms with Crippen molar-refractivity contribution < 1.29 is 0 Å². The lowest BCUT2D eigenvalue weighted by Crippen LogP contribution is -2.16. The van der Waals surface area contributed by atoms with Crippen LogP contribution in [-0.2, 0) is 21.7 Å². The van der Waals surface area contributed by atoms with Gasteiger partial charge in [0.05, 0.1) is 11.4 Å². The molecular formula is C38H48N2. The molecule has 0 spiro atoms. The summed E-state index contributed by atoms with van der Waals surface area (Å²) in [5.41, 5.74) is 12.2. The number of hydrogen-bond donors (Lipinski definition) is 0. The summed E-state index contributed by atoms with van der Waals surface area (Å²) in [4.78, 5) is 9.53. The summed E-state index contributed by atoms with van der Waals surface area (Å²) < 4.78 is 0. The summed E-state index contributed by atoms with van der Waals surface area (Å²) in [6.07, 6.45) is 3.83. The predicted molar refractivity (Wildman–Crippen MR) is 173 cm³/mol. The smallest absolute Gasteiger partial charge is 0.0892 e. The summed E-state index contributed by atoms with van der Waals surface area (Å²) in [5.74, 6) is 0. The van der Waals surface area contributed by atoms with Crippen LogP contribution >= 0.6 is 0 Å². The van der Waals surface area contributed by atoms with Crippen LogP contribution < -0.4 is 0 Å². The van der Waals surface area contributed by atoms with Crippen molar-refractivity contribution in [3.63, 3.8) is 0 Å². The van der Waals surface area contributed by atoms with Crippen LogP contribution in [0.1, 0.15) is 105 Å². The van der Waals surface area contributed by atoms with E-state index in [0.29, 0.717) is 0 Å². The second-order valence-electron chi connectivity index (χ2n) is 15.5. The van der Waals surface area contributed by atoms with Crippen LogP contribution in [-0.4, -0.2) is 9.97 Å². The summed E-state index contributed by atoms with van der Waals surface area (Å²) in [7, 11) is 0. The molecule has 0 aliphatic carbocycles. The number of rotatable bonds is 3. The summed E-state index contributed by atoms with van der Waals surface area (Å²) in [6.45, 7) is 27.4. The molecule has 0 amide bonds. The zero-order valence-electron chi connectivity index (χ0n) is 26.8. The molecule has 0 bridgehead atoms. The Morgan fingerprint density at radius 3 is 0.875 bits per heavy atom. The second kappa shape index (κ2) is 10.3. The molecule has 2 nitrogen and oxygen atoms in total. The minimum absolute atomic E-state index is 0.0647. The first-order chi connectivity index (χ1) is 18.3. The molecule has 0 aliphatic heterocycles. The summed E-state index contributed by atoms with van der Waals surface area (Å²) in [5, 5.41) is 0. The highest BCUT2D eigenvalue weighted by atomic mass is 14.8. The van der Waals surface area contributed by atoms with Gasteiger partial charge >= 0.3 is 0 Å². The Balaban J connectivity index is 1.82. The molecular weight excluding hydrogens is 484 g/mol. The zero-order valence-corrected chi connectivity index (χ0v) is 26.8. The van der Waals surface area contributed by atoms with Gasteiger partial charge in [0.2, 0.25) is 0 Å². The number of hydrogen-bond acceptors (Lipinski definition) is 2. The first-order valence-corrected chi connectivity index (χ1v) is 14.6. The van der Waals surface area contributed by atoms with E-state index in [0.717, 1.165) is 11.4 Å². The SMILES string of the molecule is CC(C)(C)c1cc(-c2ccnc(-c3cc(-c4cc(C(C)(C)C)cc(C(C)(C)C)c4)ccn3)c2)cc(C(C)(C)C)c1. The van der Waals surface area contributed by atoms with Gasteiger partial charge < -0.3 is 0 Å². The van der Waals surface area contributed by atoms with E-state index in [2.05, 4.69) is 144 Å². The third-order valence-electron chi connectivity index (χ3n) is 7.78. The molecule has 40 heavy (non-hydrogen) atoms. The van der Waals surface area contributed by atoms with Crippen molar-refractivity contribution in [3.8, 4) is 33.6 Å². The highest BCUT2D eigenvalue weighted by Crippen LogP contribution is 2.37. The maximum atomic E-state index is 4.76. The van der Waals surface area contributed by atoms with Crippen molar-refractivity contribution in [1.29, 1.82) is 0 Å². The van der Waals surface area contributed by atoms with Gasteiger partial charge in [-0.05, 0) is 90.4 Å². The van der Waals surface area contributed by atoms with Crippen molar-refractivity contribution in [1.82, 2.24) is 9.97 Å². The van der Waals surface area contributed by atoms with E-state index in [1.165, 1.54) is 44.5 Å². The van der Waals surface area contributed by atoms with Crippen molar-refractivity contribution in [3.05, 3.63) is 95.3 Å². The van der Waals surface area contributed by atoms with E-state index < -0.39 is 0 Å². The summed E-state index contributed by atoms with van der Waals surface area (Å²) >= 11 is 0. The minimum atomic E-state index is 0.0647. The van der Waals surface area contributed by atoms with Crippen LogP contribution in [0.15, 0.2) is 73.1 Å². The molecule has 0 saturated heterocycles. The van der Waals surface area contributed by atoms with Gasteiger partial charge in [0.25, 0.3) is 0 Å². The molecule has 0 N–H and O–H groups in total. The van der Waals surface area contributed by atoms with Crippen LogP contribution in [0.25, 0.3) is 33.6 Å². The minimum Gasteiger partial charge on any atom is -0.255 e. The van der Waals surface area contributed by atoms with Gasteiger partial charge in [0.15, 0.2) is 0 Å². The van der Waals surface area contributed by atoms with E-state index in [1.54, 1.807) is 0 Å². The van der Waals surface area contributed by atoms with Gasteiger partial charge in [-0.25, -0.2) is 0 Å². The normalized spacial score (nSPS) is 13.0. The van der Waals surface area contributed by atoms with Gasteiger partial charge in [-0.1, -0.05) is 119 Å². The zero-order chi connectivity index (χ0) is 29.7. The fourth-order valence-electron chi connectivity index (χ4n) is 4.82. The third-order valence-corrected chi connectivity index (χ3v) is 7.78. The second-order valence-corrected chi connectivity index (χ2v) is 15.5. The average molecular weight is 533 g/mol. The van der Waals surface area contributed by atoms with E-state index in [1.807, 2.05) is 12.4 Å². The van der Waals surface area contributed by atoms with E-state index in [4.69, 9.17) is 9.97 Å². The highest BCUT2D eigenvalue weighted by Gasteiger charge is 2.23. The number of pyridine rings is 2. The molecule has 0 radical (unpaired) electrons. The molecule has 2 heterocycles. The van der Waals surface area contributed by atoms with Crippen LogP contribution in [0.4, 0.5) is 0 Å². The lowest BCUT2D eigenvalue weighted by molar-refractivity contribution is 0.568. The van der Waals surface area contributed by atoms with Crippen molar-refractivity contribution in [2.24, 2.45) is 0 Å². The predicted octanol–water partition coefficient (Wildman–Crippen LogP) is 10.7. The van der Waals surface area contributed by atoms with Gasteiger partial charge in [-0.15, -0.1) is 0 Å². The Morgan fingerprint density at radius 1 is 0.350 bits per heavy atom. The van der Waals surface area contributed by atoms with Gasteiger partial charge in [-0.3, -0.25) is 9.97 Å². The fraction of sp³-hybridized carbons (Fsp3) is 0.421. The van der Waals surface area contributed by atoms with Crippen molar-refractivity contribution in [2.75, 3.05) is 0 Å². The molecule has 2 heteroatoms. The van der Waals surface area contributed by atoms with E-state index in [-0.39, 0.29) is 21.7 Å². The van der Waals surface area contributed by atoms with Gasteiger partial charge in [0.1, 0.15) is 0 Å². The van der Waals surface area contributed by atoms with E-state index >= 15 is 0 Å². The molecule has 4 aromatic rings. The van der Waals surface area contributed by atoms with Crippen LogP contribution in [0.3, 0.4) is 0 Å². The van der Waals surface area contributed by atoms with Crippen LogP contribution in [0.5, 0.6) is 0 Å². The molecule has 0 fully saturated rings. The summed E-state index contributed by atoms with van der Waals surface area (Å²) in [6, 6.07) is 22.7. The molecule has 0 unspecified atom stereocenters. The highest BCUT2D eigenvalue weighted by molar-refractivity contribution is 5.74. The maximum Gasteiger partial charge on any atom is 0.0892 e. The maximum absolute atomic E-state index is 4.76. The largest absolute Gasteiger partial charge is 0.255 e. The standard InChI is InChI=1S/C38H48N2/c1-35(2,3)29-17-27(18-30(23-29)36(4,5)6)25-13-15-39-33(21-25)34-22-26(14-16-40-34)28-19-31(37(7,8)9)24-32(20-28)38(10,11)12/h13-24H,1-12H3. The Bertz CT molecular complexity index is 1330. The van der Waals surface area contributed by atoms with Crippen LogP contribution in [0.2, 0.25) is 0 Å². The van der Waals surface area contributed by atoms with Gasteiger partial charge in [0, 0.05) is 12.4 Å². The van der Waals surface area contributed by atoms with Crippen LogP contribution in [0, 0.1) is 0 Å². The number of aromatic nitrogens is 2. The molecule has 2 aromatic carbocycles. The lowest BCUT2D eigenvalue weighted by Gasteiger charge is -2.26. The third kappa shape index (κ3) is 6.72. The number of nitrogens with zero attached hydrogens (tertiary/aromatic N) is 2. The molecule has 210 valence electrons. The molecule has 2 aromatic heterocycles. The Kier molecular flexibility index (Phi) is 7.65. The number of benzene rings is 2. The first kappa shape index (κ1) is 29.7. The molecule has 0 saturated carbocycles. The fourth-order valence-corrected chi connectivity index (χ4v) is 4.82. The molecule has 0 atom stereocenters. The molecule has 0 aliphatic rings. The first-order valence-electron chi connectivity index (χ1n) is 14.6. The lowest BCUT2D eigenvalue weighted by atomic mass is 9.79. The Hall–Kier alpha value is -3.26. The Labute approximate surface area is 243 Å². The Morgan fingerprint density at radius 2 is 0.625 bits per heavy atom.